The lowest BCUT2D eigenvalue weighted by Gasteiger charge is -2.14. The van der Waals surface area contributed by atoms with Crippen molar-refractivity contribution in [3.63, 3.8) is 0 Å². The second-order valence-electron chi connectivity index (χ2n) is 6.03. The smallest absolute Gasteiger partial charge is 0.275 e. The summed E-state index contributed by atoms with van der Waals surface area (Å²) < 4.78 is 0. The van der Waals surface area contributed by atoms with Gasteiger partial charge in [-0.3, -0.25) is 14.6 Å². The van der Waals surface area contributed by atoms with Crippen LogP contribution in [0.25, 0.3) is 11.0 Å². The van der Waals surface area contributed by atoms with Gasteiger partial charge < -0.3 is 10.6 Å². The average molecular weight is 348 g/mol. The minimum atomic E-state index is -0.410. The van der Waals surface area contributed by atoms with Gasteiger partial charge in [0, 0.05) is 6.04 Å². The van der Waals surface area contributed by atoms with Crippen LogP contribution in [0.5, 0.6) is 0 Å². The first-order valence-electron chi connectivity index (χ1n) is 8.51. The molecular weight excluding hydrogens is 328 g/mol. The average Bonchev–Trinajstić information content (AvgIpc) is 2.67. The van der Waals surface area contributed by atoms with Crippen molar-refractivity contribution in [1.29, 1.82) is 0 Å². The molecule has 0 aliphatic heterocycles. The van der Waals surface area contributed by atoms with E-state index < -0.39 is 5.91 Å². The summed E-state index contributed by atoms with van der Waals surface area (Å²) in [6, 6.07) is 14.3. The fourth-order valence-corrected chi connectivity index (χ4v) is 2.45. The van der Waals surface area contributed by atoms with Gasteiger partial charge in [0.15, 0.2) is 0 Å². The standard InChI is InChI=1S/C20H20N4O2/c1-3-13(2)22-19(25)14-8-4-5-9-15(14)24-20(26)18-12-21-16-10-6-7-11-17(16)23-18/h4-13H,3H2,1-2H3,(H,22,25)(H,24,26)/t13-/m1/s1. The predicted molar refractivity (Wildman–Crippen MR) is 101 cm³/mol. The first-order chi connectivity index (χ1) is 12.6. The van der Waals surface area contributed by atoms with Gasteiger partial charge in [0.05, 0.1) is 28.5 Å². The molecule has 1 aromatic heterocycles. The monoisotopic (exact) mass is 348 g/mol. The van der Waals surface area contributed by atoms with Crippen LogP contribution in [0.4, 0.5) is 5.69 Å². The fourth-order valence-electron chi connectivity index (χ4n) is 2.45. The molecule has 0 fully saturated rings. The number of nitrogens with one attached hydrogen (secondary N) is 2. The number of aromatic nitrogens is 2. The third kappa shape index (κ3) is 3.85. The maximum atomic E-state index is 12.6. The molecule has 3 aromatic rings. The summed E-state index contributed by atoms with van der Waals surface area (Å²) in [5.74, 6) is -0.633. The minimum absolute atomic E-state index is 0.0533. The van der Waals surface area contributed by atoms with E-state index in [2.05, 4.69) is 20.6 Å². The molecule has 2 amide bonds. The molecule has 0 saturated heterocycles. The van der Waals surface area contributed by atoms with Gasteiger partial charge >= 0.3 is 0 Å². The van der Waals surface area contributed by atoms with Gasteiger partial charge in [0.1, 0.15) is 5.69 Å². The molecule has 6 heteroatoms. The van der Waals surface area contributed by atoms with E-state index in [1.165, 1.54) is 6.20 Å². The fraction of sp³-hybridized carbons (Fsp3) is 0.200. The molecule has 26 heavy (non-hydrogen) atoms. The Morgan fingerprint density at radius 3 is 2.46 bits per heavy atom. The number of nitrogens with zero attached hydrogens (tertiary/aromatic N) is 2. The quantitative estimate of drug-likeness (QED) is 0.740. The molecule has 0 aliphatic rings. The maximum absolute atomic E-state index is 12.6. The molecule has 0 saturated carbocycles. The lowest BCUT2D eigenvalue weighted by molar-refractivity contribution is 0.0940. The molecule has 132 valence electrons. The topological polar surface area (TPSA) is 84.0 Å². The van der Waals surface area contributed by atoms with E-state index in [1.54, 1.807) is 30.3 Å². The van der Waals surface area contributed by atoms with Crippen LogP contribution in [0.15, 0.2) is 54.7 Å². The summed E-state index contributed by atoms with van der Waals surface area (Å²) >= 11 is 0. The molecule has 0 radical (unpaired) electrons. The minimum Gasteiger partial charge on any atom is -0.350 e. The number of benzene rings is 2. The zero-order chi connectivity index (χ0) is 18.5. The molecule has 0 aliphatic carbocycles. The van der Waals surface area contributed by atoms with Gasteiger partial charge in [-0.1, -0.05) is 31.2 Å². The van der Waals surface area contributed by atoms with Crippen molar-refractivity contribution >= 4 is 28.5 Å². The van der Waals surface area contributed by atoms with E-state index in [-0.39, 0.29) is 17.6 Å². The van der Waals surface area contributed by atoms with E-state index in [4.69, 9.17) is 0 Å². The highest BCUT2D eigenvalue weighted by Gasteiger charge is 2.16. The Kier molecular flexibility index (Phi) is 5.22. The van der Waals surface area contributed by atoms with Gasteiger partial charge in [0.25, 0.3) is 11.8 Å². The summed E-state index contributed by atoms with van der Waals surface area (Å²) in [6.45, 7) is 3.93. The number of hydrogen-bond acceptors (Lipinski definition) is 4. The van der Waals surface area contributed by atoms with Gasteiger partial charge in [-0.2, -0.15) is 0 Å². The van der Waals surface area contributed by atoms with Crippen LogP contribution in [-0.4, -0.2) is 27.8 Å². The van der Waals surface area contributed by atoms with Crippen LogP contribution in [0.3, 0.4) is 0 Å². The summed E-state index contributed by atoms with van der Waals surface area (Å²) in [5.41, 5.74) is 2.41. The molecule has 1 heterocycles. The van der Waals surface area contributed by atoms with E-state index in [0.29, 0.717) is 16.8 Å². The molecule has 3 rings (SSSR count). The molecule has 1 atom stereocenters. The predicted octanol–water partition coefficient (Wildman–Crippen LogP) is 3.41. The van der Waals surface area contributed by atoms with Gasteiger partial charge in [-0.05, 0) is 37.6 Å². The van der Waals surface area contributed by atoms with E-state index >= 15 is 0 Å². The highest BCUT2D eigenvalue weighted by molar-refractivity contribution is 6.08. The van der Waals surface area contributed by atoms with Crippen molar-refractivity contribution in [3.05, 3.63) is 66.0 Å². The number of anilines is 1. The van der Waals surface area contributed by atoms with Crippen molar-refractivity contribution in [2.45, 2.75) is 26.3 Å². The van der Waals surface area contributed by atoms with Crippen LogP contribution in [0, 0.1) is 0 Å². The Hall–Kier alpha value is -3.28. The van der Waals surface area contributed by atoms with Crippen LogP contribution in [0.1, 0.15) is 41.1 Å². The Morgan fingerprint density at radius 1 is 1.00 bits per heavy atom. The van der Waals surface area contributed by atoms with Crippen LogP contribution in [-0.2, 0) is 0 Å². The number of hydrogen-bond donors (Lipinski definition) is 2. The number of rotatable bonds is 5. The molecule has 0 spiro atoms. The molecular formula is C20H20N4O2. The first kappa shape index (κ1) is 17.5. The largest absolute Gasteiger partial charge is 0.350 e. The lowest BCUT2D eigenvalue weighted by Crippen LogP contribution is -2.32. The van der Waals surface area contributed by atoms with Crippen molar-refractivity contribution < 1.29 is 9.59 Å². The van der Waals surface area contributed by atoms with Crippen molar-refractivity contribution in [3.8, 4) is 0 Å². The normalized spacial score (nSPS) is 11.8. The Morgan fingerprint density at radius 2 is 1.69 bits per heavy atom. The van der Waals surface area contributed by atoms with E-state index in [0.717, 1.165) is 11.9 Å². The number of para-hydroxylation sites is 3. The second-order valence-corrected chi connectivity index (χ2v) is 6.03. The summed E-state index contributed by atoms with van der Waals surface area (Å²) in [7, 11) is 0. The third-order valence-electron chi connectivity index (χ3n) is 4.09. The number of fused-ring (bicyclic) bond motifs is 1. The summed E-state index contributed by atoms with van der Waals surface area (Å²) in [5, 5.41) is 5.67. The maximum Gasteiger partial charge on any atom is 0.275 e. The number of carbonyl (C=O) groups excluding carboxylic acids is 2. The van der Waals surface area contributed by atoms with E-state index in [9.17, 15) is 9.59 Å². The van der Waals surface area contributed by atoms with Crippen molar-refractivity contribution in [2.24, 2.45) is 0 Å². The summed E-state index contributed by atoms with van der Waals surface area (Å²) in [6.07, 6.45) is 2.26. The molecule has 0 bridgehead atoms. The number of carbonyl (C=O) groups is 2. The summed E-state index contributed by atoms with van der Waals surface area (Å²) in [4.78, 5) is 33.6. The van der Waals surface area contributed by atoms with Crippen LogP contribution >= 0.6 is 0 Å². The zero-order valence-corrected chi connectivity index (χ0v) is 14.7. The van der Waals surface area contributed by atoms with Crippen molar-refractivity contribution in [1.82, 2.24) is 15.3 Å². The second kappa shape index (κ2) is 7.74. The zero-order valence-electron chi connectivity index (χ0n) is 14.7. The lowest BCUT2D eigenvalue weighted by atomic mass is 10.1. The highest BCUT2D eigenvalue weighted by atomic mass is 16.2. The molecule has 2 aromatic carbocycles. The van der Waals surface area contributed by atoms with Gasteiger partial charge in [-0.15, -0.1) is 0 Å². The first-order valence-corrected chi connectivity index (χ1v) is 8.51. The molecule has 0 unspecified atom stereocenters. The third-order valence-corrected chi connectivity index (χ3v) is 4.09. The molecule has 2 N–H and O–H groups in total. The molecule has 6 nitrogen and oxygen atoms in total. The van der Waals surface area contributed by atoms with Gasteiger partial charge in [0.2, 0.25) is 0 Å². The van der Waals surface area contributed by atoms with Crippen molar-refractivity contribution in [2.75, 3.05) is 5.32 Å². The highest BCUT2D eigenvalue weighted by Crippen LogP contribution is 2.17. The van der Waals surface area contributed by atoms with Gasteiger partial charge in [-0.25, -0.2) is 4.98 Å². The SMILES string of the molecule is CC[C@@H](C)NC(=O)c1ccccc1NC(=O)c1cnc2ccccc2n1. The Labute approximate surface area is 151 Å². The van der Waals surface area contributed by atoms with Crippen LogP contribution < -0.4 is 10.6 Å². The van der Waals surface area contributed by atoms with Crippen LogP contribution in [0.2, 0.25) is 0 Å². The van der Waals surface area contributed by atoms with E-state index in [1.807, 2.05) is 32.0 Å². The number of amides is 2. The Bertz CT molecular complexity index is 955. The Balaban J connectivity index is 1.83.